The number of aliphatic hydroxyl groups excluding tert-OH is 5. The smallest absolute Gasteiger partial charge is 0.220 e. The first kappa shape index (κ1) is 42.5. The summed E-state index contributed by atoms with van der Waals surface area (Å²) in [5.74, 6) is -0.449. The largest absolute Gasteiger partial charge is 0.394 e. The molecule has 0 aromatic carbocycles. The number of ether oxygens (including phenoxy) is 1. The fourth-order valence-corrected chi connectivity index (χ4v) is 5.92. The van der Waals surface area contributed by atoms with Gasteiger partial charge < -0.3 is 35.6 Å². The van der Waals surface area contributed by atoms with Gasteiger partial charge in [0.2, 0.25) is 5.91 Å². The Balaban J connectivity index is 2.27. The van der Waals surface area contributed by atoms with Crippen molar-refractivity contribution < 1.29 is 35.1 Å². The summed E-state index contributed by atoms with van der Waals surface area (Å²) in [4.78, 5) is 12.4. The first-order chi connectivity index (χ1) is 22.3. The van der Waals surface area contributed by atoms with Crippen LogP contribution in [0, 0.1) is 5.92 Å². The standard InChI is InChI=1S/C38H69NO7/c1-3-5-7-8-9-10-11-12-13-14-15-16-21-25-34(42)33(30-40)39-37(44)26-22-18-17-20-24-32-35(43)29-38(45)46-36(32)28-27-31(41)23-19-6-4-2/h17,20-21,25,27-28,31-36,38,40-43,45H,3-16,18-19,22-24,26,29-30H2,1-2H3,(H,39,44)/b20-17-,25-21+,28-27+/t31-,32-,33-,34+,35-,36+,38?/m0/s1. The van der Waals surface area contributed by atoms with E-state index in [9.17, 15) is 30.3 Å². The third-order valence-corrected chi connectivity index (χ3v) is 8.91. The van der Waals surface area contributed by atoms with Crippen LogP contribution < -0.4 is 5.32 Å². The summed E-state index contributed by atoms with van der Waals surface area (Å²) in [6.45, 7) is 4.03. The van der Waals surface area contributed by atoms with Crippen LogP contribution in [0.2, 0.25) is 0 Å². The van der Waals surface area contributed by atoms with Crippen LogP contribution in [-0.2, 0) is 9.53 Å². The fraction of sp³-hybridized carbons (Fsp3) is 0.816. The number of carbonyl (C=O) groups is 1. The number of nitrogens with one attached hydrogen (secondary N) is 1. The molecular formula is C38H69NO7. The van der Waals surface area contributed by atoms with Crippen LogP contribution in [0.25, 0.3) is 0 Å². The molecule has 0 aliphatic carbocycles. The zero-order valence-electron chi connectivity index (χ0n) is 29.1. The minimum absolute atomic E-state index is 0.147. The molecule has 46 heavy (non-hydrogen) atoms. The number of aliphatic hydroxyl groups is 5. The molecule has 1 aliphatic rings. The molecule has 1 fully saturated rings. The Hall–Kier alpha value is -1.55. The molecule has 1 aliphatic heterocycles. The monoisotopic (exact) mass is 652 g/mol. The highest BCUT2D eigenvalue weighted by molar-refractivity contribution is 5.76. The first-order valence-corrected chi connectivity index (χ1v) is 18.6. The quantitative estimate of drug-likeness (QED) is 0.0405. The van der Waals surface area contributed by atoms with Crippen LogP contribution in [0.1, 0.15) is 149 Å². The Bertz CT molecular complexity index is 817. The third-order valence-electron chi connectivity index (χ3n) is 8.91. The van der Waals surface area contributed by atoms with E-state index in [1.54, 1.807) is 18.2 Å². The van der Waals surface area contributed by atoms with Gasteiger partial charge in [0.15, 0.2) is 6.29 Å². The van der Waals surface area contributed by atoms with Gasteiger partial charge in [0.25, 0.3) is 0 Å². The molecule has 0 bridgehead atoms. The predicted octanol–water partition coefficient (Wildman–Crippen LogP) is 6.78. The van der Waals surface area contributed by atoms with E-state index in [0.29, 0.717) is 25.7 Å². The maximum Gasteiger partial charge on any atom is 0.220 e. The second kappa shape index (κ2) is 28.5. The highest BCUT2D eigenvalue weighted by Gasteiger charge is 2.35. The van der Waals surface area contributed by atoms with Gasteiger partial charge in [-0.2, -0.15) is 0 Å². The van der Waals surface area contributed by atoms with Crippen LogP contribution in [0.4, 0.5) is 0 Å². The van der Waals surface area contributed by atoms with Gasteiger partial charge in [-0.15, -0.1) is 0 Å². The zero-order chi connectivity index (χ0) is 33.8. The van der Waals surface area contributed by atoms with Crippen LogP contribution >= 0.6 is 0 Å². The molecule has 7 atom stereocenters. The van der Waals surface area contributed by atoms with E-state index in [4.69, 9.17) is 4.74 Å². The van der Waals surface area contributed by atoms with Gasteiger partial charge in [0, 0.05) is 18.8 Å². The van der Waals surface area contributed by atoms with Crippen molar-refractivity contribution in [2.75, 3.05) is 6.61 Å². The lowest BCUT2D eigenvalue weighted by atomic mass is 9.87. The second-order valence-electron chi connectivity index (χ2n) is 13.2. The highest BCUT2D eigenvalue weighted by Crippen LogP contribution is 2.29. The van der Waals surface area contributed by atoms with E-state index in [1.807, 2.05) is 18.2 Å². The molecule has 268 valence electrons. The summed E-state index contributed by atoms with van der Waals surface area (Å²) in [6.07, 6.45) is 28.4. The Kier molecular flexibility index (Phi) is 26.3. The zero-order valence-corrected chi connectivity index (χ0v) is 29.1. The van der Waals surface area contributed by atoms with E-state index in [1.165, 1.54) is 64.2 Å². The molecule has 1 saturated heterocycles. The Morgan fingerprint density at radius 2 is 1.41 bits per heavy atom. The summed E-state index contributed by atoms with van der Waals surface area (Å²) < 4.78 is 5.66. The van der Waals surface area contributed by atoms with Gasteiger partial charge in [-0.05, 0) is 38.5 Å². The molecule has 0 aromatic rings. The average Bonchev–Trinajstić information content (AvgIpc) is 3.03. The van der Waals surface area contributed by atoms with Gasteiger partial charge in [0.1, 0.15) is 0 Å². The Morgan fingerprint density at radius 3 is 2.07 bits per heavy atom. The van der Waals surface area contributed by atoms with Gasteiger partial charge in [-0.1, -0.05) is 134 Å². The lowest BCUT2D eigenvalue weighted by Gasteiger charge is -2.36. The number of allylic oxidation sites excluding steroid dienone is 3. The van der Waals surface area contributed by atoms with Crippen molar-refractivity contribution in [2.45, 2.75) is 185 Å². The van der Waals surface area contributed by atoms with Crippen LogP contribution in [0.3, 0.4) is 0 Å². The Labute approximate surface area is 280 Å². The number of hydrogen-bond acceptors (Lipinski definition) is 7. The topological polar surface area (TPSA) is 139 Å². The molecule has 0 saturated carbocycles. The maximum atomic E-state index is 12.4. The van der Waals surface area contributed by atoms with Gasteiger partial charge in [0.05, 0.1) is 37.1 Å². The average molecular weight is 652 g/mol. The predicted molar refractivity (Wildman–Crippen MR) is 187 cm³/mol. The van der Waals surface area contributed by atoms with E-state index < -0.39 is 36.7 Å². The SMILES string of the molecule is CCCCCCCCCCCCC/C=C/[C@@H](O)[C@H](CO)NC(=O)CCC/C=C\C[C@H]1[C@@H](O)CC(O)O[C@@H]1/C=C/[C@@H](O)CCCCC. The van der Waals surface area contributed by atoms with Gasteiger partial charge >= 0.3 is 0 Å². The minimum Gasteiger partial charge on any atom is -0.394 e. The number of amides is 1. The number of unbranched alkanes of at least 4 members (excludes halogenated alkanes) is 14. The molecule has 1 heterocycles. The van der Waals surface area contributed by atoms with E-state index in [0.717, 1.165) is 32.1 Å². The first-order valence-electron chi connectivity index (χ1n) is 18.6. The van der Waals surface area contributed by atoms with Crippen molar-refractivity contribution >= 4 is 5.91 Å². The molecule has 0 spiro atoms. The normalized spacial score (nSPS) is 22.6. The van der Waals surface area contributed by atoms with Crippen LogP contribution in [0.5, 0.6) is 0 Å². The van der Waals surface area contributed by atoms with Gasteiger partial charge in [-0.25, -0.2) is 0 Å². The molecule has 0 aromatic heterocycles. The van der Waals surface area contributed by atoms with E-state index in [-0.39, 0.29) is 31.3 Å². The summed E-state index contributed by atoms with van der Waals surface area (Å²) in [6, 6.07) is -0.727. The van der Waals surface area contributed by atoms with Crippen molar-refractivity contribution in [3.05, 3.63) is 36.5 Å². The van der Waals surface area contributed by atoms with E-state index >= 15 is 0 Å². The van der Waals surface area contributed by atoms with E-state index in [2.05, 4.69) is 19.2 Å². The summed E-state index contributed by atoms with van der Waals surface area (Å²) in [5.41, 5.74) is 0. The van der Waals surface area contributed by atoms with Gasteiger partial charge in [-0.3, -0.25) is 4.79 Å². The van der Waals surface area contributed by atoms with Crippen LogP contribution in [-0.4, -0.2) is 74.8 Å². The lowest BCUT2D eigenvalue weighted by Crippen LogP contribution is -2.45. The molecular weight excluding hydrogens is 582 g/mol. The molecule has 1 amide bonds. The summed E-state index contributed by atoms with van der Waals surface area (Å²) >= 11 is 0. The molecule has 8 heteroatoms. The molecule has 1 unspecified atom stereocenters. The second-order valence-corrected chi connectivity index (χ2v) is 13.2. The van der Waals surface area contributed by atoms with Crippen molar-refractivity contribution in [3.8, 4) is 0 Å². The lowest BCUT2D eigenvalue weighted by molar-refractivity contribution is -0.199. The van der Waals surface area contributed by atoms with Crippen molar-refractivity contribution in [3.63, 3.8) is 0 Å². The van der Waals surface area contributed by atoms with Crippen molar-refractivity contribution in [1.82, 2.24) is 5.32 Å². The summed E-state index contributed by atoms with van der Waals surface area (Å²) in [7, 11) is 0. The molecule has 6 N–H and O–H groups in total. The number of hydrogen-bond donors (Lipinski definition) is 6. The third kappa shape index (κ3) is 21.3. The van der Waals surface area contributed by atoms with Crippen molar-refractivity contribution in [1.29, 1.82) is 0 Å². The summed E-state index contributed by atoms with van der Waals surface area (Å²) in [5, 5.41) is 53.6. The number of rotatable bonds is 28. The number of carbonyl (C=O) groups excluding carboxylic acids is 1. The van der Waals surface area contributed by atoms with Crippen molar-refractivity contribution in [2.24, 2.45) is 5.92 Å². The maximum absolute atomic E-state index is 12.4. The Morgan fingerprint density at radius 1 is 0.804 bits per heavy atom. The fourth-order valence-electron chi connectivity index (χ4n) is 5.92. The highest BCUT2D eigenvalue weighted by atomic mass is 16.6. The van der Waals surface area contributed by atoms with Crippen LogP contribution in [0.15, 0.2) is 36.5 Å². The molecule has 1 rings (SSSR count). The molecule has 0 radical (unpaired) electrons. The molecule has 8 nitrogen and oxygen atoms in total. The minimum atomic E-state index is -1.04.